The zero-order valence-corrected chi connectivity index (χ0v) is 19.8. The second-order valence-corrected chi connectivity index (χ2v) is 9.11. The van der Waals surface area contributed by atoms with Crippen LogP contribution in [0.1, 0.15) is 5.56 Å². The Bertz CT molecular complexity index is 1410. The van der Waals surface area contributed by atoms with E-state index in [1.807, 2.05) is 77.5 Å². The molecule has 0 saturated heterocycles. The number of carbonyl (C=O) groups excluding carboxylic acids is 1. The molecule has 0 radical (unpaired) electrons. The minimum absolute atomic E-state index is 0.0412. The maximum atomic E-state index is 12.6. The van der Waals surface area contributed by atoms with Gasteiger partial charge in [0.25, 0.3) is 0 Å². The van der Waals surface area contributed by atoms with E-state index in [9.17, 15) is 4.79 Å². The Labute approximate surface area is 206 Å². The highest BCUT2D eigenvalue weighted by molar-refractivity contribution is 7.99. The smallest absolute Gasteiger partial charge is 0.230 e. The van der Waals surface area contributed by atoms with Gasteiger partial charge in [0.15, 0.2) is 11.0 Å². The van der Waals surface area contributed by atoms with Crippen molar-refractivity contribution in [3.63, 3.8) is 0 Å². The van der Waals surface area contributed by atoms with Crippen LogP contribution in [-0.4, -0.2) is 38.0 Å². The van der Waals surface area contributed by atoms with Crippen LogP contribution in [0.15, 0.2) is 90.2 Å². The fourth-order valence-electron chi connectivity index (χ4n) is 3.82. The van der Waals surface area contributed by atoms with E-state index in [0.29, 0.717) is 22.5 Å². The van der Waals surface area contributed by atoms with Gasteiger partial charge in [-0.1, -0.05) is 59.8 Å². The van der Waals surface area contributed by atoms with Gasteiger partial charge in [0.2, 0.25) is 5.91 Å². The van der Waals surface area contributed by atoms with Gasteiger partial charge < -0.3 is 10.3 Å². The lowest BCUT2D eigenvalue weighted by Crippen LogP contribution is -2.27. The van der Waals surface area contributed by atoms with Crippen molar-refractivity contribution in [1.29, 1.82) is 0 Å². The number of hydrogen-bond acceptors (Lipinski definition) is 4. The van der Waals surface area contributed by atoms with Crippen molar-refractivity contribution >= 4 is 40.2 Å². The molecule has 3 aromatic carbocycles. The van der Waals surface area contributed by atoms with Crippen LogP contribution in [-0.2, 0) is 11.2 Å². The van der Waals surface area contributed by atoms with E-state index in [2.05, 4.69) is 32.6 Å². The molecule has 0 aliphatic rings. The van der Waals surface area contributed by atoms with Crippen LogP contribution in [0.3, 0.4) is 0 Å². The van der Waals surface area contributed by atoms with E-state index >= 15 is 0 Å². The highest BCUT2D eigenvalue weighted by Gasteiger charge is 2.17. The Balaban J connectivity index is 1.26. The Kier molecular flexibility index (Phi) is 6.65. The van der Waals surface area contributed by atoms with Crippen LogP contribution in [0.5, 0.6) is 0 Å². The molecule has 5 rings (SSSR count). The van der Waals surface area contributed by atoms with Gasteiger partial charge in [-0.3, -0.25) is 9.36 Å². The van der Waals surface area contributed by atoms with E-state index in [0.717, 1.165) is 23.2 Å². The van der Waals surface area contributed by atoms with Gasteiger partial charge in [0, 0.05) is 39.9 Å². The number of para-hydroxylation sites is 2. The summed E-state index contributed by atoms with van der Waals surface area (Å²) in [6, 6.07) is 25.5. The Morgan fingerprint density at radius 2 is 1.74 bits per heavy atom. The maximum Gasteiger partial charge on any atom is 0.230 e. The molecular formula is C26H22ClN5OS. The summed E-state index contributed by atoms with van der Waals surface area (Å²) in [6.45, 7) is 0.572. The number of carbonyl (C=O) groups is 1. The number of thioether (sulfide) groups is 1. The minimum Gasteiger partial charge on any atom is -0.361 e. The molecule has 2 N–H and O–H groups in total. The first-order valence-electron chi connectivity index (χ1n) is 10.9. The summed E-state index contributed by atoms with van der Waals surface area (Å²) in [5, 5.41) is 14.3. The Hall–Kier alpha value is -3.55. The third-order valence-electron chi connectivity index (χ3n) is 5.47. The molecule has 2 heterocycles. The second-order valence-electron chi connectivity index (χ2n) is 7.73. The zero-order chi connectivity index (χ0) is 23.3. The largest absolute Gasteiger partial charge is 0.361 e. The number of hydrogen-bond donors (Lipinski definition) is 2. The Morgan fingerprint density at radius 1 is 0.971 bits per heavy atom. The molecule has 6 nitrogen and oxygen atoms in total. The zero-order valence-electron chi connectivity index (χ0n) is 18.2. The molecular weight excluding hydrogens is 466 g/mol. The number of halogens is 1. The molecule has 0 fully saturated rings. The summed E-state index contributed by atoms with van der Waals surface area (Å²) >= 11 is 7.42. The molecule has 0 saturated carbocycles. The number of aromatic amines is 1. The Morgan fingerprint density at radius 3 is 2.56 bits per heavy atom. The quantitative estimate of drug-likeness (QED) is 0.282. The van der Waals surface area contributed by atoms with E-state index in [1.165, 1.54) is 22.7 Å². The number of nitrogens with one attached hydrogen (secondary N) is 2. The number of amides is 1. The van der Waals surface area contributed by atoms with Gasteiger partial charge in [-0.2, -0.15) is 0 Å². The monoisotopic (exact) mass is 487 g/mol. The fourth-order valence-corrected chi connectivity index (χ4v) is 4.72. The molecule has 0 unspecified atom stereocenters. The molecule has 0 atom stereocenters. The number of H-pyrrole nitrogens is 1. The lowest BCUT2D eigenvalue weighted by atomic mass is 10.1. The van der Waals surface area contributed by atoms with Crippen LogP contribution < -0.4 is 5.32 Å². The normalized spacial score (nSPS) is 11.1. The second kappa shape index (κ2) is 10.2. The molecule has 5 aromatic rings. The van der Waals surface area contributed by atoms with Crippen LogP contribution in [0.25, 0.3) is 28.0 Å². The summed E-state index contributed by atoms with van der Waals surface area (Å²) in [6.07, 6.45) is 2.77. The van der Waals surface area contributed by atoms with Gasteiger partial charge in [-0.05, 0) is 54.4 Å². The topological polar surface area (TPSA) is 75.6 Å². The fraction of sp³-hybridized carbons (Fsp3) is 0.115. The van der Waals surface area contributed by atoms with Crippen molar-refractivity contribution in [2.45, 2.75) is 11.6 Å². The van der Waals surface area contributed by atoms with E-state index in [4.69, 9.17) is 11.6 Å². The maximum absolute atomic E-state index is 12.6. The predicted octanol–water partition coefficient (Wildman–Crippen LogP) is 5.52. The van der Waals surface area contributed by atoms with E-state index in [-0.39, 0.29) is 11.7 Å². The molecule has 0 aliphatic heterocycles. The van der Waals surface area contributed by atoms with Gasteiger partial charge in [-0.25, -0.2) is 0 Å². The highest BCUT2D eigenvalue weighted by atomic mass is 35.5. The number of nitrogens with zero attached hydrogens (tertiary/aromatic N) is 3. The van der Waals surface area contributed by atoms with Crippen molar-refractivity contribution in [3.05, 3.63) is 95.6 Å². The molecule has 170 valence electrons. The van der Waals surface area contributed by atoms with Crippen molar-refractivity contribution in [2.24, 2.45) is 0 Å². The van der Waals surface area contributed by atoms with Crippen LogP contribution in [0.4, 0.5) is 0 Å². The standard InChI is InChI=1S/C26H22ClN5OS/c27-20-12-10-18(11-13-20)25-30-31-26(32(25)21-6-2-1-3-7-21)34-17-24(33)28-15-14-19-16-29-23-9-5-4-8-22(19)23/h1-13,16,29H,14-15,17H2,(H,28,33). The van der Waals surface area contributed by atoms with E-state index < -0.39 is 0 Å². The predicted molar refractivity (Wildman–Crippen MR) is 138 cm³/mol. The lowest BCUT2D eigenvalue weighted by molar-refractivity contribution is -0.118. The first-order valence-corrected chi connectivity index (χ1v) is 12.3. The molecule has 1 amide bonds. The van der Waals surface area contributed by atoms with Crippen LogP contribution in [0.2, 0.25) is 5.02 Å². The number of benzene rings is 3. The van der Waals surface area contributed by atoms with Crippen molar-refractivity contribution < 1.29 is 4.79 Å². The molecule has 2 aromatic heterocycles. The third-order valence-corrected chi connectivity index (χ3v) is 6.65. The number of aromatic nitrogens is 4. The highest BCUT2D eigenvalue weighted by Crippen LogP contribution is 2.28. The lowest BCUT2D eigenvalue weighted by Gasteiger charge is -2.10. The summed E-state index contributed by atoms with van der Waals surface area (Å²) < 4.78 is 1.97. The average molecular weight is 488 g/mol. The third kappa shape index (κ3) is 4.85. The van der Waals surface area contributed by atoms with Crippen molar-refractivity contribution in [1.82, 2.24) is 25.1 Å². The van der Waals surface area contributed by atoms with E-state index in [1.54, 1.807) is 0 Å². The summed E-state index contributed by atoms with van der Waals surface area (Å²) in [7, 11) is 0. The SMILES string of the molecule is O=C(CSc1nnc(-c2ccc(Cl)cc2)n1-c1ccccc1)NCCc1c[nH]c2ccccc12. The van der Waals surface area contributed by atoms with Gasteiger partial charge >= 0.3 is 0 Å². The number of rotatable bonds is 8. The number of fused-ring (bicyclic) bond motifs is 1. The van der Waals surface area contributed by atoms with Gasteiger partial charge in [0.05, 0.1) is 5.75 Å². The molecule has 0 spiro atoms. The van der Waals surface area contributed by atoms with Gasteiger partial charge in [-0.15, -0.1) is 10.2 Å². The van der Waals surface area contributed by atoms with Crippen LogP contribution >= 0.6 is 23.4 Å². The molecule has 34 heavy (non-hydrogen) atoms. The molecule has 8 heteroatoms. The molecule has 0 aliphatic carbocycles. The average Bonchev–Trinajstić information content (AvgIpc) is 3.48. The summed E-state index contributed by atoms with van der Waals surface area (Å²) in [5.74, 6) is 0.907. The van der Waals surface area contributed by atoms with Crippen molar-refractivity contribution in [2.75, 3.05) is 12.3 Å². The first-order chi connectivity index (χ1) is 16.7. The van der Waals surface area contributed by atoms with Crippen molar-refractivity contribution in [3.8, 4) is 17.1 Å². The summed E-state index contributed by atoms with van der Waals surface area (Å²) in [5.41, 5.74) is 4.13. The van der Waals surface area contributed by atoms with Gasteiger partial charge in [0.1, 0.15) is 0 Å². The summed E-state index contributed by atoms with van der Waals surface area (Å²) in [4.78, 5) is 15.8. The molecule has 0 bridgehead atoms. The minimum atomic E-state index is -0.0412. The first kappa shape index (κ1) is 22.3. The van der Waals surface area contributed by atoms with Crippen LogP contribution in [0, 0.1) is 0 Å².